The minimum absolute atomic E-state index is 0.302. The number of rotatable bonds is 5. The highest BCUT2D eigenvalue weighted by atomic mass is 16.1. The summed E-state index contributed by atoms with van der Waals surface area (Å²) in [7, 11) is 0. The molecular weight excluding hydrogens is 228 g/mol. The van der Waals surface area contributed by atoms with Crippen molar-refractivity contribution in [1.29, 1.82) is 0 Å². The highest BCUT2D eigenvalue weighted by Crippen LogP contribution is 2.34. The summed E-state index contributed by atoms with van der Waals surface area (Å²) in [6.45, 7) is 0.605. The number of allylic oxidation sites excluding steroid dienone is 6. The van der Waals surface area contributed by atoms with E-state index in [1.165, 1.54) is 17.2 Å². The Morgan fingerprint density at radius 3 is 2.56 bits per heavy atom. The molecule has 0 heterocycles. The van der Waals surface area contributed by atoms with Crippen LogP contribution in [0.25, 0.3) is 0 Å². The highest BCUT2D eigenvalue weighted by Gasteiger charge is 2.20. The molecule has 0 saturated heterocycles. The number of nitrogens with zero attached hydrogens (tertiary/aromatic N) is 2. The van der Waals surface area contributed by atoms with Gasteiger partial charge in [0.1, 0.15) is 0 Å². The minimum atomic E-state index is 0.302. The Hall–Kier alpha value is -2.28. The van der Waals surface area contributed by atoms with E-state index in [-0.39, 0.29) is 0 Å². The molecule has 0 aromatic carbocycles. The molecule has 0 bridgehead atoms. The summed E-state index contributed by atoms with van der Waals surface area (Å²) in [4.78, 5) is 27.7. The van der Waals surface area contributed by atoms with Gasteiger partial charge in [0.25, 0.3) is 0 Å². The Morgan fingerprint density at radius 2 is 1.89 bits per heavy atom. The third kappa shape index (κ3) is 2.51. The molecule has 2 rings (SSSR count). The van der Waals surface area contributed by atoms with Crippen LogP contribution in [0.3, 0.4) is 0 Å². The van der Waals surface area contributed by atoms with E-state index in [0.29, 0.717) is 13.1 Å². The number of hydrogen-bond acceptors (Lipinski definition) is 4. The quantitative estimate of drug-likeness (QED) is 0.546. The van der Waals surface area contributed by atoms with Gasteiger partial charge >= 0.3 is 0 Å². The largest absolute Gasteiger partial charge is 0.235 e. The first-order valence-corrected chi connectivity index (χ1v) is 5.71. The number of hydrogen-bond donors (Lipinski definition) is 0. The van der Waals surface area contributed by atoms with Crippen molar-refractivity contribution in [2.45, 2.75) is 12.8 Å². The summed E-state index contributed by atoms with van der Waals surface area (Å²) in [5.74, 6) is 0. The monoisotopic (exact) mass is 240 g/mol. The van der Waals surface area contributed by atoms with Crippen LogP contribution in [0.4, 0.5) is 0 Å². The molecule has 0 aromatic heterocycles. The summed E-state index contributed by atoms with van der Waals surface area (Å²) in [6, 6.07) is 0. The first kappa shape index (κ1) is 12.2. The third-order valence-corrected chi connectivity index (χ3v) is 3.08. The van der Waals surface area contributed by atoms with Crippen molar-refractivity contribution in [3.05, 3.63) is 46.6 Å². The predicted octanol–water partition coefficient (Wildman–Crippen LogP) is 2.17. The van der Waals surface area contributed by atoms with Gasteiger partial charge in [-0.15, -0.1) is 0 Å². The third-order valence-electron chi connectivity index (χ3n) is 3.08. The van der Waals surface area contributed by atoms with Gasteiger partial charge in [-0.25, -0.2) is 19.6 Å². The van der Waals surface area contributed by atoms with Gasteiger partial charge in [0.2, 0.25) is 12.2 Å². The molecule has 2 aliphatic rings. The Labute approximate surface area is 105 Å². The molecule has 0 N–H and O–H groups in total. The standard InChI is InChI=1S/C14H12N2O2/c17-9-15-7-12-5-6-13(11-3-1-2-4-11)14(12)8-16-10-18/h1-3,5H,4,6-8H2. The van der Waals surface area contributed by atoms with Crippen LogP contribution in [-0.2, 0) is 9.59 Å². The van der Waals surface area contributed by atoms with Crippen LogP contribution in [-0.4, -0.2) is 25.2 Å². The number of isocyanates is 2. The van der Waals surface area contributed by atoms with Crippen LogP contribution >= 0.6 is 0 Å². The second-order valence-corrected chi connectivity index (χ2v) is 4.03. The van der Waals surface area contributed by atoms with Crippen molar-refractivity contribution in [2.75, 3.05) is 13.1 Å². The molecule has 0 spiro atoms. The van der Waals surface area contributed by atoms with Gasteiger partial charge in [0.15, 0.2) is 0 Å². The zero-order chi connectivity index (χ0) is 12.8. The van der Waals surface area contributed by atoms with Crippen molar-refractivity contribution < 1.29 is 9.59 Å². The molecule has 18 heavy (non-hydrogen) atoms. The van der Waals surface area contributed by atoms with Crippen LogP contribution in [0.15, 0.2) is 56.6 Å². The maximum Gasteiger partial charge on any atom is 0.235 e. The lowest BCUT2D eigenvalue weighted by atomic mass is 9.98. The summed E-state index contributed by atoms with van der Waals surface area (Å²) in [5.41, 5.74) is 4.38. The molecule has 0 unspecified atom stereocenters. The Kier molecular flexibility index (Phi) is 3.98. The van der Waals surface area contributed by atoms with E-state index in [2.05, 4.69) is 22.1 Å². The first-order valence-electron chi connectivity index (χ1n) is 5.71. The van der Waals surface area contributed by atoms with E-state index < -0.39 is 0 Å². The molecule has 0 aliphatic heterocycles. The van der Waals surface area contributed by atoms with E-state index in [4.69, 9.17) is 0 Å². The molecule has 2 aliphatic carbocycles. The molecule has 0 saturated carbocycles. The van der Waals surface area contributed by atoms with Crippen molar-refractivity contribution in [3.63, 3.8) is 0 Å². The molecule has 0 amide bonds. The van der Waals surface area contributed by atoms with Crippen LogP contribution < -0.4 is 0 Å². The molecule has 4 nitrogen and oxygen atoms in total. The number of aliphatic imine (C=N–C) groups is 2. The zero-order valence-electron chi connectivity index (χ0n) is 9.85. The van der Waals surface area contributed by atoms with Gasteiger partial charge in [-0.1, -0.05) is 24.3 Å². The topological polar surface area (TPSA) is 58.9 Å². The second kappa shape index (κ2) is 5.87. The molecule has 0 radical (unpaired) electrons. The lowest BCUT2D eigenvalue weighted by molar-refractivity contribution is 0.562. The predicted molar refractivity (Wildman–Crippen MR) is 67.5 cm³/mol. The van der Waals surface area contributed by atoms with E-state index in [9.17, 15) is 9.59 Å². The molecule has 90 valence electrons. The second-order valence-electron chi connectivity index (χ2n) is 4.03. The number of carbonyl (C=O) groups excluding carboxylic acids is 2. The Bertz CT molecular complexity index is 567. The molecule has 4 heteroatoms. The van der Waals surface area contributed by atoms with Gasteiger partial charge in [0.05, 0.1) is 13.1 Å². The van der Waals surface area contributed by atoms with Gasteiger partial charge < -0.3 is 0 Å². The Balaban J connectivity index is 2.27. The van der Waals surface area contributed by atoms with E-state index in [1.54, 1.807) is 6.08 Å². The van der Waals surface area contributed by atoms with Crippen molar-refractivity contribution in [1.82, 2.24) is 0 Å². The highest BCUT2D eigenvalue weighted by molar-refractivity contribution is 5.56. The summed E-state index contributed by atoms with van der Waals surface area (Å²) in [5, 5.41) is 0. The molecular formula is C14H12N2O2. The lowest BCUT2D eigenvalue weighted by Crippen LogP contribution is -1.99. The maximum absolute atomic E-state index is 10.3. The van der Waals surface area contributed by atoms with Gasteiger partial charge in [-0.05, 0) is 35.1 Å². The van der Waals surface area contributed by atoms with Crippen molar-refractivity contribution in [3.8, 4) is 0 Å². The van der Waals surface area contributed by atoms with E-state index in [1.807, 2.05) is 12.2 Å². The SMILES string of the molecule is O=C=NCC1=CCC(C2=CC=CC2)=C1CN=C=O. The van der Waals surface area contributed by atoms with Crippen molar-refractivity contribution in [2.24, 2.45) is 9.98 Å². The fraction of sp³-hybridized carbons (Fsp3) is 0.286. The average molecular weight is 240 g/mol. The normalized spacial score (nSPS) is 17.1. The van der Waals surface area contributed by atoms with Crippen LogP contribution in [0.2, 0.25) is 0 Å². The summed E-state index contributed by atoms with van der Waals surface area (Å²) >= 11 is 0. The zero-order valence-corrected chi connectivity index (χ0v) is 9.85. The van der Waals surface area contributed by atoms with Crippen molar-refractivity contribution >= 4 is 12.2 Å². The van der Waals surface area contributed by atoms with Gasteiger partial charge in [0, 0.05) is 0 Å². The summed E-state index contributed by atoms with van der Waals surface area (Å²) < 4.78 is 0. The molecule has 0 fully saturated rings. The van der Waals surface area contributed by atoms with Crippen LogP contribution in [0, 0.1) is 0 Å². The average Bonchev–Trinajstić information content (AvgIpc) is 3.02. The van der Waals surface area contributed by atoms with Crippen LogP contribution in [0.5, 0.6) is 0 Å². The lowest BCUT2D eigenvalue weighted by Gasteiger charge is -2.08. The molecule has 0 aromatic rings. The van der Waals surface area contributed by atoms with Gasteiger partial charge in [-0.3, -0.25) is 0 Å². The fourth-order valence-electron chi connectivity index (χ4n) is 2.25. The molecule has 0 atom stereocenters. The minimum Gasteiger partial charge on any atom is -0.211 e. The maximum atomic E-state index is 10.3. The summed E-state index contributed by atoms with van der Waals surface area (Å²) in [6.07, 6.45) is 13.0. The van der Waals surface area contributed by atoms with Crippen LogP contribution in [0.1, 0.15) is 12.8 Å². The fourth-order valence-corrected chi connectivity index (χ4v) is 2.25. The van der Waals surface area contributed by atoms with E-state index in [0.717, 1.165) is 24.0 Å². The Morgan fingerprint density at radius 1 is 1.11 bits per heavy atom. The smallest absolute Gasteiger partial charge is 0.211 e. The van der Waals surface area contributed by atoms with Gasteiger partial charge in [-0.2, -0.15) is 0 Å². The van der Waals surface area contributed by atoms with E-state index >= 15 is 0 Å². The first-order chi connectivity index (χ1) is 8.86.